The van der Waals surface area contributed by atoms with Crippen LogP contribution >= 0.6 is 0 Å². The van der Waals surface area contributed by atoms with Gasteiger partial charge in [0.1, 0.15) is 5.75 Å². The Bertz CT molecular complexity index is 458. The molecule has 1 saturated carbocycles. The van der Waals surface area contributed by atoms with Gasteiger partial charge >= 0.3 is 0 Å². The average Bonchev–Trinajstić information content (AvgIpc) is 3.23. The van der Waals surface area contributed by atoms with Crippen molar-refractivity contribution in [2.75, 3.05) is 31.4 Å². The average molecular weight is 278 g/mol. The van der Waals surface area contributed by atoms with Crippen molar-refractivity contribution in [1.82, 2.24) is 0 Å². The summed E-state index contributed by atoms with van der Waals surface area (Å²) in [4.78, 5) is 11.8. The third kappa shape index (κ3) is 4.74. The predicted molar refractivity (Wildman–Crippen MR) is 78.8 cm³/mol. The van der Waals surface area contributed by atoms with Crippen LogP contribution in [-0.4, -0.2) is 26.2 Å². The number of methoxy groups -OCH3 is 1. The highest BCUT2D eigenvalue weighted by atomic mass is 16.5. The number of amides is 1. The minimum Gasteiger partial charge on any atom is -0.495 e. The van der Waals surface area contributed by atoms with E-state index >= 15 is 0 Å². The molecular formula is C15H22N2O3. The Hall–Kier alpha value is -1.75. The predicted octanol–water partition coefficient (Wildman–Crippen LogP) is 2.42. The molecule has 0 heterocycles. The van der Waals surface area contributed by atoms with E-state index in [4.69, 9.17) is 15.2 Å². The van der Waals surface area contributed by atoms with E-state index in [0.29, 0.717) is 30.2 Å². The second-order valence-electron chi connectivity index (χ2n) is 5.10. The van der Waals surface area contributed by atoms with Crippen LogP contribution in [0.25, 0.3) is 0 Å². The molecule has 1 aliphatic carbocycles. The summed E-state index contributed by atoms with van der Waals surface area (Å²) >= 11 is 0. The molecular weight excluding hydrogens is 256 g/mol. The van der Waals surface area contributed by atoms with Gasteiger partial charge in [-0.2, -0.15) is 0 Å². The third-order valence-corrected chi connectivity index (χ3v) is 3.34. The van der Waals surface area contributed by atoms with Crippen molar-refractivity contribution in [3.63, 3.8) is 0 Å². The van der Waals surface area contributed by atoms with Gasteiger partial charge in [-0.05, 0) is 30.5 Å². The minimum atomic E-state index is -0.0969. The number of carbonyl (C=O) groups excluding carboxylic acids is 1. The highest BCUT2D eigenvalue weighted by Crippen LogP contribution is 2.32. The lowest BCUT2D eigenvalue weighted by atomic mass is 10.2. The number of rotatable bonds is 8. The Morgan fingerprint density at radius 2 is 2.20 bits per heavy atom. The second kappa shape index (κ2) is 7.14. The SMILES string of the molecule is COc1ccc(N)cc1NC(=O)CCOCCC1CC1. The summed E-state index contributed by atoms with van der Waals surface area (Å²) in [5, 5.41) is 2.79. The van der Waals surface area contributed by atoms with Gasteiger partial charge in [0, 0.05) is 12.3 Å². The van der Waals surface area contributed by atoms with E-state index in [0.717, 1.165) is 18.9 Å². The molecule has 0 radical (unpaired) electrons. The van der Waals surface area contributed by atoms with Crippen molar-refractivity contribution in [2.24, 2.45) is 5.92 Å². The molecule has 0 aromatic heterocycles. The van der Waals surface area contributed by atoms with E-state index in [1.54, 1.807) is 25.3 Å². The number of hydrogen-bond donors (Lipinski definition) is 2. The van der Waals surface area contributed by atoms with Gasteiger partial charge in [0.25, 0.3) is 0 Å². The Morgan fingerprint density at radius 1 is 1.40 bits per heavy atom. The normalized spacial score (nSPS) is 14.1. The van der Waals surface area contributed by atoms with Crippen LogP contribution in [0.15, 0.2) is 18.2 Å². The van der Waals surface area contributed by atoms with Crippen molar-refractivity contribution < 1.29 is 14.3 Å². The standard InChI is InChI=1S/C15H22N2O3/c1-19-14-5-4-12(16)10-13(14)17-15(18)7-9-20-8-6-11-2-3-11/h4-5,10-11H,2-3,6-9,16H2,1H3,(H,17,18). The Labute approximate surface area is 119 Å². The van der Waals surface area contributed by atoms with Crippen LogP contribution in [-0.2, 0) is 9.53 Å². The molecule has 2 rings (SSSR count). The monoisotopic (exact) mass is 278 g/mol. The maximum Gasteiger partial charge on any atom is 0.226 e. The fourth-order valence-electron chi connectivity index (χ4n) is 1.96. The first-order valence-corrected chi connectivity index (χ1v) is 7.00. The summed E-state index contributed by atoms with van der Waals surface area (Å²) in [6.45, 7) is 1.20. The molecule has 5 heteroatoms. The molecule has 110 valence electrons. The van der Waals surface area contributed by atoms with Gasteiger partial charge < -0.3 is 20.5 Å². The van der Waals surface area contributed by atoms with Crippen molar-refractivity contribution in [3.05, 3.63) is 18.2 Å². The molecule has 1 aromatic carbocycles. The topological polar surface area (TPSA) is 73.6 Å². The largest absolute Gasteiger partial charge is 0.495 e. The molecule has 0 atom stereocenters. The Kier molecular flexibility index (Phi) is 5.24. The van der Waals surface area contributed by atoms with Gasteiger partial charge in [-0.3, -0.25) is 4.79 Å². The molecule has 0 bridgehead atoms. The molecule has 5 nitrogen and oxygen atoms in total. The molecule has 0 saturated heterocycles. The summed E-state index contributed by atoms with van der Waals surface area (Å²) in [6, 6.07) is 5.15. The summed E-state index contributed by atoms with van der Waals surface area (Å²) in [7, 11) is 1.56. The van der Waals surface area contributed by atoms with Gasteiger partial charge in [-0.25, -0.2) is 0 Å². The molecule has 0 spiro atoms. The number of carbonyl (C=O) groups is 1. The Morgan fingerprint density at radius 3 is 2.90 bits per heavy atom. The van der Waals surface area contributed by atoms with Crippen molar-refractivity contribution in [3.8, 4) is 5.75 Å². The fourth-order valence-corrected chi connectivity index (χ4v) is 1.96. The zero-order valence-corrected chi connectivity index (χ0v) is 11.9. The fraction of sp³-hybridized carbons (Fsp3) is 0.533. The van der Waals surface area contributed by atoms with Crippen LogP contribution in [0.3, 0.4) is 0 Å². The molecule has 1 amide bonds. The van der Waals surface area contributed by atoms with Crippen LogP contribution in [0.2, 0.25) is 0 Å². The smallest absolute Gasteiger partial charge is 0.226 e. The number of nitrogen functional groups attached to an aromatic ring is 1. The van der Waals surface area contributed by atoms with Crippen LogP contribution in [0.4, 0.5) is 11.4 Å². The summed E-state index contributed by atoms with van der Waals surface area (Å²) in [5.41, 5.74) is 6.88. The van der Waals surface area contributed by atoms with Crippen LogP contribution in [0, 0.1) is 5.92 Å². The van der Waals surface area contributed by atoms with E-state index < -0.39 is 0 Å². The number of anilines is 2. The highest BCUT2D eigenvalue weighted by Gasteiger charge is 2.20. The molecule has 0 aliphatic heterocycles. The summed E-state index contributed by atoms with van der Waals surface area (Å²) in [6.07, 6.45) is 4.12. The molecule has 1 aromatic rings. The lowest BCUT2D eigenvalue weighted by Gasteiger charge is -2.11. The number of ether oxygens (including phenoxy) is 2. The Balaban J connectivity index is 1.71. The van der Waals surface area contributed by atoms with Crippen molar-refractivity contribution >= 4 is 17.3 Å². The van der Waals surface area contributed by atoms with E-state index in [9.17, 15) is 4.79 Å². The van der Waals surface area contributed by atoms with Crippen molar-refractivity contribution in [2.45, 2.75) is 25.7 Å². The molecule has 0 unspecified atom stereocenters. The zero-order valence-electron chi connectivity index (χ0n) is 11.9. The van der Waals surface area contributed by atoms with E-state index in [1.807, 2.05) is 0 Å². The van der Waals surface area contributed by atoms with Gasteiger partial charge in [0.05, 0.1) is 25.8 Å². The van der Waals surface area contributed by atoms with Crippen molar-refractivity contribution in [1.29, 1.82) is 0 Å². The molecule has 20 heavy (non-hydrogen) atoms. The number of nitrogens with two attached hydrogens (primary N) is 1. The maximum absolute atomic E-state index is 11.8. The van der Waals surface area contributed by atoms with E-state index in [1.165, 1.54) is 12.8 Å². The van der Waals surface area contributed by atoms with Gasteiger partial charge in [0.15, 0.2) is 0 Å². The first-order chi connectivity index (χ1) is 9.69. The lowest BCUT2D eigenvalue weighted by molar-refractivity contribution is -0.117. The minimum absolute atomic E-state index is 0.0969. The molecule has 1 fully saturated rings. The first-order valence-electron chi connectivity index (χ1n) is 7.00. The zero-order chi connectivity index (χ0) is 14.4. The molecule has 1 aliphatic rings. The first kappa shape index (κ1) is 14.7. The number of nitrogens with one attached hydrogen (secondary N) is 1. The number of benzene rings is 1. The van der Waals surface area contributed by atoms with Crippen LogP contribution in [0.5, 0.6) is 5.75 Å². The van der Waals surface area contributed by atoms with Gasteiger partial charge in [-0.15, -0.1) is 0 Å². The van der Waals surface area contributed by atoms with E-state index in [2.05, 4.69) is 5.32 Å². The third-order valence-electron chi connectivity index (χ3n) is 3.34. The maximum atomic E-state index is 11.8. The summed E-state index contributed by atoms with van der Waals surface area (Å²) in [5.74, 6) is 1.36. The van der Waals surface area contributed by atoms with Crippen LogP contribution in [0.1, 0.15) is 25.7 Å². The molecule has 3 N–H and O–H groups in total. The van der Waals surface area contributed by atoms with Crippen LogP contribution < -0.4 is 15.8 Å². The lowest BCUT2D eigenvalue weighted by Crippen LogP contribution is -2.15. The highest BCUT2D eigenvalue weighted by molar-refractivity contribution is 5.92. The van der Waals surface area contributed by atoms with Gasteiger partial charge in [-0.1, -0.05) is 12.8 Å². The summed E-state index contributed by atoms with van der Waals surface area (Å²) < 4.78 is 10.6. The van der Waals surface area contributed by atoms with Gasteiger partial charge in [0.2, 0.25) is 5.91 Å². The number of hydrogen-bond acceptors (Lipinski definition) is 4. The van der Waals surface area contributed by atoms with E-state index in [-0.39, 0.29) is 5.91 Å². The quantitative estimate of drug-likeness (QED) is 0.566. The second-order valence-corrected chi connectivity index (χ2v) is 5.10.